The van der Waals surface area contributed by atoms with Gasteiger partial charge in [-0.1, -0.05) is 6.92 Å². The summed E-state index contributed by atoms with van der Waals surface area (Å²) in [5.74, 6) is -1.30. The molecule has 0 aliphatic carbocycles. The Balaban J connectivity index is 2.75. The summed E-state index contributed by atoms with van der Waals surface area (Å²) >= 11 is 0. The minimum absolute atomic E-state index is 0.199. The van der Waals surface area contributed by atoms with Gasteiger partial charge in [-0.3, -0.25) is 9.59 Å². The molecule has 0 saturated heterocycles. The Morgan fingerprint density at radius 3 is 2.92 bits per heavy atom. The number of hydrogen-bond donors (Lipinski definition) is 2. The van der Waals surface area contributed by atoms with Gasteiger partial charge in [-0.05, 0) is 18.1 Å². The highest BCUT2D eigenvalue weighted by Gasteiger charge is 2.11. The zero-order chi connectivity index (χ0) is 9.84. The lowest BCUT2D eigenvalue weighted by Gasteiger charge is -2.04. The molecule has 1 aromatic heterocycles. The highest BCUT2D eigenvalue weighted by atomic mass is 16.4. The molecule has 4 heteroatoms. The molecule has 1 heterocycles. The highest BCUT2D eigenvalue weighted by Crippen LogP contribution is 2.05. The van der Waals surface area contributed by atoms with Crippen LogP contribution < -0.4 is 5.56 Å². The van der Waals surface area contributed by atoms with Gasteiger partial charge >= 0.3 is 5.97 Å². The first-order chi connectivity index (χ1) is 6.09. The average Bonchev–Trinajstić information content (AvgIpc) is 2.04. The first-order valence-electron chi connectivity index (χ1n) is 4.00. The molecule has 0 fully saturated rings. The van der Waals surface area contributed by atoms with Crippen molar-refractivity contribution in [3.63, 3.8) is 0 Å². The fraction of sp³-hybridized carbons (Fsp3) is 0.333. The maximum Gasteiger partial charge on any atom is 0.306 e. The Bertz CT molecular complexity index is 356. The monoisotopic (exact) mass is 181 g/mol. The first kappa shape index (κ1) is 9.51. The molecular formula is C9H11NO3. The van der Waals surface area contributed by atoms with Gasteiger partial charge in [0.05, 0.1) is 5.92 Å². The third-order valence-corrected chi connectivity index (χ3v) is 1.80. The summed E-state index contributed by atoms with van der Waals surface area (Å²) in [5.41, 5.74) is 0.550. The van der Waals surface area contributed by atoms with Crippen LogP contribution in [-0.4, -0.2) is 16.1 Å². The highest BCUT2D eigenvalue weighted by molar-refractivity contribution is 5.69. The molecule has 0 aromatic carbocycles. The number of rotatable bonds is 3. The van der Waals surface area contributed by atoms with Crippen LogP contribution in [0.4, 0.5) is 0 Å². The van der Waals surface area contributed by atoms with E-state index in [1.807, 2.05) is 0 Å². The fourth-order valence-electron chi connectivity index (χ4n) is 1.06. The van der Waals surface area contributed by atoms with Crippen molar-refractivity contribution in [3.05, 3.63) is 34.2 Å². The number of carbonyl (C=O) groups is 1. The van der Waals surface area contributed by atoms with Gasteiger partial charge in [-0.15, -0.1) is 0 Å². The number of aliphatic carboxylic acids is 1. The molecule has 13 heavy (non-hydrogen) atoms. The maximum absolute atomic E-state index is 10.8. The maximum atomic E-state index is 10.8. The molecule has 0 aliphatic heterocycles. The largest absolute Gasteiger partial charge is 0.481 e. The van der Waals surface area contributed by atoms with Crippen LogP contribution in [0.1, 0.15) is 12.5 Å². The second kappa shape index (κ2) is 3.89. The molecule has 1 atom stereocenters. The van der Waals surface area contributed by atoms with Gasteiger partial charge in [0.15, 0.2) is 0 Å². The number of H-pyrrole nitrogens is 1. The van der Waals surface area contributed by atoms with Crippen molar-refractivity contribution in [3.8, 4) is 0 Å². The molecule has 2 N–H and O–H groups in total. The van der Waals surface area contributed by atoms with Crippen LogP contribution in [0.15, 0.2) is 23.1 Å². The second-order valence-electron chi connectivity index (χ2n) is 3.00. The molecule has 4 nitrogen and oxygen atoms in total. The van der Waals surface area contributed by atoms with E-state index in [2.05, 4.69) is 4.98 Å². The molecule has 0 bridgehead atoms. The average molecular weight is 181 g/mol. The van der Waals surface area contributed by atoms with E-state index in [1.54, 1.807) is 13.0 Å². The van der Waals surface area contributed by atoms with E-state index in [4.69, 9.17) is 5.11 Å². The fourth-order valence-corrected chi connectivity index (χ4v) is 1.06. The molecule has 1 aromatic rings. The van der Waals surface area contributed by atoms with E-state index in [9.17, 15) is 9.59 Å². The van der Waals surface area contributed by atoms with Gasteiger partial charge in [0.25, 0.3) is 0 Å². The number of pyridine rings is 1. The van der Waals surface area contributed by atoms with Crippen LogP contribution in [0.3, 0.4) is 0 Å². The van der Waals surface area contributed by atoms with E-state index in [1.165, 1.54) is 12.3 Å². The molecule has 0 spiro atoms. The van der Waals surface area contributed by atoms with E-state index >= 15 is 0 Å². The molecular weight excluding hydrogens is 170 g/mol. The van der Waals surface area contributed by atoms with Crippen molar-refractivity contribution in [1.29, 1.82) is 0 Å². The van der Waals surface area contributed by atoms with Crippen LogP contribution in [0.25, 0.3) is 0 Å². The van der Waals surface area contributed by atoms with Crippen LogP contribution in [-0.2, 0) is 11.2 Å². The number of carboxylic acid groups (broad SMARTS) is 1. The Labute approximate surface area is 75.2 Å². The number of aromatic amines is 1. The lowest BCUT2D eigenvalue weighted by Crippen LogP contribution is -2.14. The van der Waals surface area contributed by atoms with Gasteiger partial charge in [0.2, 0.25) is 5.56 Å². The normalized spacial score (nSPS) is 12.4. The van der Waals surface area contributed by atoms with Crippen LogP contribution in [0.2, 0.25) is 0 Å². The lowest BCUT2D eigenvalue weighted by atomic mass is 10.0. The van der Waals surface area contributed by atoms with Crippen molar-refractivity contribution in [2.45, 2.75) is 13.3 Å². The van der Waals surface area contributed by atoms with Crippen molar-refractivity contribution >= 4 is 5.97 Å². The number of hydrogen-bond acceptors (Lipinski definition) is 2. The Morgan fingerprint density at radius 1 is 1.69 bits per heavy atom. The summed E-state index contributed by atoms with van der Waals surface area (Å²) in [6.07, 6.45) is 1.91. The molecule has 0 amide bonds. The summed E-state index contributed by atoms with van der Waals surface area (Å²) in [5, 5.41) is 8.63. The molecule has 1 rings (SSSR count). The number of nitrogens with one attached hydrogen (secondary N) is 1. The van der Waals surface area contributed by atoms with Crippen molar-refractivity contribution in [2.24, 2.45) is 5.92 Å². The topological polar surface area (TPSA) is 70.2 Å². The Morgan fingerprint density at radius 2 is 2.38 bits per heavy atom. The van der Waals surface area contributed by atoms with Gasteiger partial charge in [0.1, 0.15) is 0 Å². The molecule has 0 aliphatic rings. The summed E-state index contributed by atoms with van der Waals surface area (Å²) < 4.78 is 0. The third kappa shape index (κ3) is 2.74. The van der Waals surface area contributed by atoms with Crippen molar-refractivity contribution < 1.29 is 9.90 Å². The van der Waals surface area contributed by atoms with Gasteiger partial charge in [-0.25, -0.2) is 0 Å². The second-order valence-corrected chi connectivity index (χ2v) is 3.00. The van der Waals surface area contributed by atoms with E-state index in [-0.39, 0.29) is 5.56 Å². The molecule has 0 saturated carbocycles. The molecule has 70 valence electrons. The zero-order valence-corrected chi connectivity index (χ0v) is 7.28. The Kier molecular flexibility index (Phi) is 2.84. The van der Waals surface area contributed by atoms with E-state index in [0.29, 0.717) is 6.42 Å². The number of carboxylic acids is 1. The minimum atomic E-state index is -0.847. The summed E-state index contributed by atoms with van der Waals surface area (Å²) in [4.78, 5) is 23.8. The number of aromatic nitrogens is 1. The predicted molar refractivity (Wildman–Crippen MR) is 47.6 cm³/mol. The van der Waals surface area contributed by atoms with Gasteiger partial charge in [-0.2, -0.15) is 0 Å². The lowest BCUT2D eigenvalue weighted by molar-refractivity contribution is -0.141. The SMILES string of the molecule is CC(Cc1cc[nH]c(=O)c1)C(=O)O. The van der Waals surface area contributed by atoms with E-state index in [0.717, 1.165) is 5.56 Å². The standard InChI is InChI=1S/C9H11NO3/c1-6(9(12)13)4-7-2-3-10-8(11)5-7/h2-3,5-6H,4H2,1H3,(H,10,11)(H,12,13). The van der Waals surface area contributed by atoms with Crippen LogP contribution in [0.5, 0.6) is 0 Å². The third-order valence-electron chi connectivity index (χ3n) is 1.80. The van der Waals surface area contributed by atoms with Gasteiger partial charge in [0, 0.05) is 12.3 Å². The summed E-state index contributed by atoms with van der Waals surface area (Å²) in [7, 11) is 0. The Hall–Kier alpha value is -1.58. The first-order valence-corrected chi connectivity index (χ1v) is 4.00. The minimum Gasteiger partial charge on any atom is -0.481 e. The van der Waals surface area contributed by atoms with Crippen LogP contribution >= 0.6 is 0 Å². The van der Waals surface area contributed by atoms with Crippen LogP contribution in [0, 0.1) is 5.92 Å². The zero-order valence-electron chi connectivity index (χ0n) is 7.28. The van der Waals surface area contributed by atoms with E-state index < -0.39 is 11.9 Å². The quantitative estimate of drug-likeness (QED) is 0.718. The smallest absolute Gasteiger partial charge is 0.306 e. The van der Waals surface area contributed by atoms with Crippen molar-refractivity contribution in [2.75, 3.05) is 0 Å². The van der Waals surface area contributed by atoms with Gasteiger partial charge < -0.3 is 10.1 Å². The summed E-state index contributed by atoms with van der Waals surface area (Å²) in [6.45, 7) is 1.61. The summed E-state index contributed by atoms with van der Waals surface area (Å²) in [6, 6.07) is 3.13. The molecule has 1 unspecified atom stereocenters. The molecule has 0 radical (unpaired) electrons. The predicted octanol–water partition coefficient (Wildman–Crippen LogP) is 0.638. The van der Waals surface area contributed by atoms with Crippen molar-refractivity contribution in [1.82, 2.24) is 4.98 Å².